The van der Waals surface area contributed by atoms with E-state index in [0.29, 0.717) is 6.42 Å². The Morgan fingerprint density at radius 1 is 0.611 bits per heavy atom. The van der Waals surface area contributed by atoms with Crippen molar-refractivity contribution in [2.24, 2.45) is 0 Å². The lowest BCUT2D eigenvalue weighted by atomic mass is 9.99. The van der Waals surface area contributed by atoms with Crippen LogP contribution < -0.4 is 5.32 Å². The number of unbranched alkanes of at least 4 members (excludes halogenated alkanes) is 25. The maximum Gasteiger partial charge on any atom is 0.220 e. The van der Waals surface area contributed by atoms with Gasteiger partial charge in [-0.25, -0.2) is 0 Å². The van der Waals surface area contributed by atoms with Crippen LogP contribution in [0.4, 0.5) is 0 Å². The van der Waals surface area contributed by atoms with Crippen LogP contribution in [0.5, 0.6) is 0 Å². The third kappa shape index (κ3) is 26.5. The van der Waals surface area contributed by atoms with Crippen molar-refractivity contribution in [1.82, 2.24) is 5.32 Å². The highest BCUT2D eigenvalue weighted by Crippen LogP contribution is 2.22. The zero-order chi connectivity index (χ0) is 39.5. The molecule has 318 valence electrons. The van der Waals surface area contributed by atoms with E-state index in [9.17, 15) is 30.3 Å². The first-order chi connectivity index (χ1) is 26.3. The number of allylic oxidation sites excluding steroid dienone is 3. The molecule has 0 bridgehead atoms. The molecule has 1 aliphatic rings. The summed E-state index contributed by atoms with van der Waals surface area (Å²) in [5.74, 6) is -0.186. The second-order valence-electron chi connectivity index (χ2n) is 15.8. The Kier molecular flexibility index (Phi) is 33.8. The Hall–Kier alpha value is -1.33. The Labute approximate surface area is 330 Å². The fourth-order valence-corrected chi connectivity index (χ4v) is 7.11. The number of aliphatic hydroxyl groups is 5. The van der Waals surface area contributed by atoms with Gasteiger partial charge in [0.1, 0.15) is 24.4 Å². The molecule has 9 heteroatoms. The van der Waals surface area contributed by atoms with Crippen LogP contribution in [-0.2, 0) is 14.3 Å². The van der Waals surface area contributed by atoms with Gasteiger partial charge in [0.25, 0.3) is 0 Å². The van der Waals surface area contributed by atoms with Gasteiger partial charge in [0.05, 0.1) is 25.4 Å². The first kappa shape index (κ1) is 50.7. The van der Waals surface area contributed by atoms with Gasteiger partial charge in [0.2, 0.25) is 5.91 Å². The fraction of sp³-hybridized carbons (Fsp3) is 0.889. The molecule has 0 aromatic heterocycles. The molecular weight excluding hydrogens is 682 g/mol. The van der Waals surface area contributed by atoms with Crippen LogP contribution >= 0.6 is 0 Å². The van der Waals surface area contributed by atoms with Crippen LogP contribution in [0.2, 0.25) is 0 Å². The van der Waals surface area contributed by atoms with Gasteiger partial charge in [0.15, 0.2) is 6.29 Å². The summed E-state index contributed by atoms with van der Waals surface area (Å²) in [7, 11) is 0. The van der Waals surface area contributed by atoms with Crippen molar-refractivity contribution in [1.29, 1.82) is 0 Å². The predicted octanol–water partition coefficient (Wildman–Crippen LogP) is 9.11. The molecule has 1 heterocycles. The smallest absolute Gasteiger partial charge is 0.220 e. The maximum absolute atomic E-state index is 12.9. The lowest BCUT2D eigenvalue weighted by molar-refractivity contribution is -0.302. The third-order valence-corrected chi connectivity index (χ3v) is 10.8. The van der Waals surface area contributed by atoms with E-state index >= 15 is 0 Å². The van der Waals surface area contributed by atoms with E-state index in [2.05, 4.69) is 31.3 Å². The van der Waals surface area contributed by atoms with E-state index in [4.69, 9.17) is 9.47 Å². The Morgan fingerprint density at radius 3 is 1.56 bits per heavy atom. The molecule has 0 spiro atoms. The molecule has 2 unspecified atom stereocenters. The van der Waals surface area contributed by atoms with E-state index in [-0.39, 0.29) is 12.5 Å². The minimum Gasteiger partial charge on any atom is -0.394 e. The average Bonchev–Trinajstić information content (AvgIpc) is 3.17. The molecule has 0 saturated carbocycles. The molecule has 1 rings (SSSR count). The fourth-order valence-electron chi connectivity index (χ4n) is 7.11. The SMILES string of the molecule is CCCCCCCCCCCC/C=C/CC/C=C/[C@@H](O)[C@H](CO[C@H]1O[C@@H](CO)[C@H](O)C(O)C1O)NC(=O)CCCCCCCCCCCCCCCCC. The number of rotatable bonds is 37. The van der Waals surface area contributed by atoms with Crippen molar-refractivity contribution in [3.63, 3.8) is 0 Å². The first-order valence-corrected chi connectivity index (χ1v) is 22.6. The Morgan fingerprint density at radius 2 is 1.06 bits per heavy atom. The van der Waals surface area contributed by atoms with E-state index in [1.807, 2.05) is 6.08 Å². The van der Waals surface area contributed by atoms with Crippen molar-refractivity contribution in [2.75, 3.05) is 13.2 Å². The highest BCUT2D eigenvalue weighted by molar-refractivity contribution is 5.76. The summed E-state index contributed by atoms with van der Waals surface area (Å²) in [5.41, 5.74) is 0. The summed E-state index contributed by atoms with van der Waals surface area (Å²) >= 11 is 0. The van der Waals surface area contributed by atoms with Crippen LogP contribution in [0.25, 0.3) is 0 Å². The summed E-state index contributed by atoms with van der Waals surface area (Å²) in [4.78, 5) is 12.9. The summed E-state index contributed by atoms with van der Waals surface area (Å²) in [6.45, 7) is 3.75. The minimum absolute atomic E-state index is 0.186. The molecule has 1 amide bonds. The first-order valence-electron chi connectivity index (χ1n) is 22.6. The molecule has 1 aliphatic heterocycles. The molecule has 0 radical (unpaired) electrons. The zero-order valence-electron chi connectivity index (χ0n) is 34.7. The molecule has 54 heavy (non-hydrogen) atoms. The van der Waals surface area contributed by atoms with E-state index < -0.39 is 49.5 Å². The van der Waals surface area contributed by atoms with Gasteiger partial charge in [-0.15, -0.1) is 0 Å². The van der Waals surface area contributed by atoms with Crippen molar-refractivity contribution in [3.8, 4) is 0 Å². The summed E-state index contributed by atoms with van der Waals surface area (Å²) in [6.07, 6.45) is 35.0. The standard InChI is InChI=1S/C45H85NO8/c1-3-5-7-9-11-13-15-17-19-21-22-24-26-28-30-32-34-39(48)38(37-53-45-44(52)43(51)42(50)40(36-47)54-45)46-41(49)35-33-31-29-27-25-23-20-18-16-14-12-10-8-6-4-2/h24,26,32,34,38-40,42-45,47-48,50-52H,3-23,25,27-31,33,35-37H2,1-2H3,(H,46,49)/b26-24+,34-32+/t38-,39+,40-,42-,43?,44?,45-/m0/s1. The Bertz CT molecular complexity index is 899. The predicted molar refractivity (Wildman–Crippen MR) is 221 cm³/mol. The molecule has 1 fully saturated rings. The second kappa shape index (κ2) is 36.0. The number of ether oxygens (including phenoxy) is 2. The number of aliphatic hydroxyl groups excluding tert-OH is 5. The van der Waals surface area contributed by atoms with Crippen molar-refractivity contribution < 1.29 is 39.8 Å². The third-order valence-electron chi connectivity index (χ3n) is 10.8. The maximum atomic E-state index is 12.9. The minimum atomic E-state index is -1.57. The van der Waals surface area contributed by atoms with Gasteiger partial charge < -0.3 is 40.3 Å². The van der Waals surface area contributed by atoms with Gasteiger partial charge in [-0.05, 0) is 32.1 Å². The highest BCUT2D eigenvalue weighted by atomic mass is 16.7. The molecular formula is C45H85NO8. The molecule has 9 nitrogen and oxygen atoms in total. The summed E-state index contributed by atoms with van der Waals surface area (Å²) in [5, 5.41) is 54.1. The Balaban J connectivity index is 2.40. The normalized spacial score (nSPS) is 21.6. The number of nitrogens with one attached hydrogen (secondary N) is 1. The monoisotopic (exact) mass is 768 g/mol. The van der Waals surface area contributed by atoms with Gasteiger partial charge in [-0.2, -0.15) is 0 Å². The topological polar surface area (TPSA) is 149 Å². The molecule has 0 aliphatic carbocycles. The number of carbonyl (C=O) groups is 1. The zero-order valence-corrected chi connectivity index (χ0v) is 34.7. The van der Waals surface area contributed by atoms with E-state index in [1.54, 1.807) is 6.08 Å². The van der Waals surface area contributed by atoms with Crippen LogP contribution in [0.3, 0.4) is 0 Å². The van der Waals surface area contributed by atoms with Gasteiger partial charge in [-0.1, -0.05) is 186 Å². The number of carbonyl (C=O) groups excluding carboxylic acids is 1. The second-order valence-corrected chi connectivity index (χ2v) is 15.8. The number of hydrogen-bond acceptors (Lipinski definition) is 8. The highest BCUT2D eigenvalue weighted by Gasteiger charge is 2.44. The lowest BCUT2D eigenvalue weighted by Gasteiger charge is -2.40. The largest absolute Gasteiger partial charge is 0.394 e. The average molecular weight is 768 g/mol. The van der Waals surface area contributed by atoms with Crippen LogP contribution in [-0.4, -0.2) is 87.5 Å². The summed E-state index contributed by atoms with van der Waals surface area (Å²) < 4.78 is 11.2. The quantitative estimate of drug-likeness (QED) is 0.0271. The van der Waals surface area contributed by atoms with Crippen LogP contribution in [0.1, 0.15) is 200 Å². The molecule has 0 aromatic rings. The molecule has 0 aromatic carbocycles. The molecule has 7 atom stereocenters. The lowest BCUT2D eigenvalue weighted by Crippen LogP contribution is -2.60. The van der Waals surface area contributed by atoms with Crippen molar-refractivity contribution >= 4 is 5.91 Å². The molecule has 6 N–H and O–H groups in total. The van der Waals surface area contributed by atoms with E-state index in [0.717, 1.165) is 38.5 Å². The van der Waals surface area contributed by atoms with Crippen LogP contribution in [0.15, 0.2) is 24.3 Å². The van der Waals surface area contributed by atoms with Crippen molar-refractivity contribution in [3.05, 3.63) is 24.3 Å². The summed E-state index contributed by atoms with van der Waals surface area (Å²) in [6, 6.07) is -0.815. The van der Waals surface area contributed by atoms with Crippen LogP contribution in [0, 0.1) is 0 Å². The molecule has 1 saturated heterocycles. The van der Waals surface area contributed by atoms with Gasteiger partial charge in [0, 0.05) is 6.42 Å². The van der Waals surface area contributed by atoms with Gasteiger partial charge in [-0.3, -0.25) is 4.79 Å². The number of amides is 1. The van der Waals surface area contributed by atoms with Gasteiger partial charge >= 0.3 is 0 Å². The van der Waals surface area contributed by atoms with E-state index in [1.165, 1.54) is 141 Å². The van der Waals surface area contributed by atoms with Crippen molar-refractivity contribution in [2.45, 2.75) is 243 Å². The number of hydrogen-bond donors (Lipinski definition) is 6.